The maximum atomic E-state index is 14.8. The molecule has 0 aliphatic carbocycles. The average Bonchev–Trinajstić information content (AvgIpc) is 2.77. The highest BCUT2D eigenvalue weighted by molar-refractivity contribution is 6.36. The van der Waals surface area contributed by atoms with E-state index >= 15 is 0 Å². The molecule has 0 radical (unpaired) electrons. The highest BCUT2D eigenvalue weighted by Crippen LogP contribution is 2.38. The monoisotopic (exact) mass is 522 g/mol. The Hall–Kier alpha value is -3.31. The number of nitrogen functional groups attached to an aromatic ring is 1. The Bertz CT molecular complexity index is 1240. The molecule has 180 valence electrons. The first kappa shape index (κ1) is 25.3. The molecule has 34 heavy (non-hydrogen) atoms. The fourth-order valence-corrected chi connectivity index (χ4v) is 3.21. The van der Waals surface area contributed by atoms with Crippen molar-refractivity contribution in [1.29, 1.82) is 0 Å². The Morgan fingerprint density at radius 1 is 1.06 bits per heavy atom. The van der Waals surface area contributed by atoms with Crippen LogP contribution in [0.1, 0.15) is 16.1 Å². The molecule has 0 amide bonds. The van der Waals surface area contributed by atoms with Gasteiger partial charge >= 0.3 is 12.3 Å². The van der Waals surface area contributed by atoms with Crippen molar-refractivity contribution < 1.29 is 41.0 Å². The van der Waals surface area contributed by atoms with Crippen molar-refractivity contribution in [2.45, 2.75) is 13.0 Å². The summed E-state index contributed by atoms with van der Waals surface area (Å²) in [4.78, 5) is 16.3. The maximum Gasteiger partial charge on any atom is 0.573 e. The summed E-state index contributed by atoms with van der Waals surface area (Å²) in [5.74, 6) is -4.23. The topological polar surface area (TPSA) is 83.7 Å². The van der Waals surface area contributed by atoms with E-state index in [9.17, 15) is 26.7 Å². The van der Waals surface area contributed by atoms with E-state index in [-0.39, 0.29) is 10.8 Å². The number of nitrogens with zero attached hydrogens (tertiary/aromatic N) is 1. The molecule has 3 rings (SSSR count). The first-order valence-electron chi connectivity index (χ1n) is 9.11. The molecule has 1 heterocycles. The second kappa shape index (κ2) is 9.90. The Morgan fingerprint density at radius 2 is 1.71 bits per heavy atom. The van der Waals surface area contributed by atoms with E-state index in [4.69, 9.17) is 38.4 Å². The smallest absolute Gasteiger partial charge is 0.492 e. The third-order valence-electron chi connectivity index (χ3n) is 4.34. The summed E-state index contributed by atoms with van der Waals surface area (Å²) in [6.45, 7) is -0.404. The Morgan fingerprint density at radius 3 is 2.29 bits per heavy atom. The van der Waals surface area contributed by atoms with Crippen LogP contribution in [-0.2, 0) is 11.3 Å². The number of ether oxygens (including phenoxy) is 3. The molecule has 0 unspecified atom stereocenters. The molecule has 2 N–H and O–H groups in total. The SMILES string of the molecule is COc1c(Cl)ccc(-c2nc(C(=O)OCc3ccc(OC(F)(F)F)cc3)c(Cl)c(N)c2F)c1F. The van der Waals surface area contributed by atoms with E-state index in [0.717, 1.165) is 25.3 Å². The van der Waals surface area contributed by atoms with Crippen molar-refractivity contribution >= 4 is 34.9 Å². The van der Waals surface area contributed by atoms with Gasteiger partial charge in [0.25, 0.3) is 0 Å². The predicted octanol–water partition coefficient (Wildman–Crippen LogP) is 6.18. The number of aromatic nitrogens is 1. The molecule has 6 nitrogen and oxygen atoms in total. The standard InChI is InChI=1S/C21H13Cl2F5N2O4/c1-32-19-12(22)7-6-11(14(19)24)17-15(25)16(29)13(23)18(30-17)20(31)33-8-9-2-4-10(5-3-9)34-21(26,27)28/h2-7H,8H2,1H3,(H2,29,30). The van der Waals surface area contributed by atoms with E-state index < -0.39 is 64.0 Å². The summed E-state index contributed by atoms with van der Waals surface area (Å²) in [5, 5.41) is -0.654. The number of carbonyl (C=O) groups excluding carboxylic acids is 1. The lowest BCUT2D eigenvalue weighted by Gasteiger charge is -2.14. The van der Waals surface area contributed by atoms with Gasteiger partial charge in [0.05, 0.1) is 22.8 Å². The lowest BCUT2D eigenvalue weighted by Crippen LogP contribution is -2.17. The second-order valence-corrected chi connectivity index (χ2v) is 7.35. The van der Waals surface area contributed by atoms with Gasteiger partial charge in [0.15, 0.2) is 23.1 Å². The van der Waals surface area contributed by atoms with Gasteiger partial charge in [-0.3, -0.25) is 0 Å². The summed E-state index contributed by atoms with van der Waals surface area (Å²) in [6, 6.07) is 6.83. The first-order valence-corrected chi connectivity index (χ1v) is 9.87. The van der Waals surface area contributed by atoms with Gasteiger partial charge in [-0.05, 0) is 29.8 Å². The van der Waals surface area contributed by atoms with Crippen LogP contribution in [0.5, 0.6) is 11.5 Å². The zero-order valence-corrected chi connectivity index (χ0v) is 18.5. The molecule has 0 bridgehead atoms. The summed E-state index contributed by atoms with van der Waals surface area (Å²) in [5.41, 5.74) is 3.60. The molecule has 1 aromatic heterocycles. The van der Waals surface area contributed by atoms with Crippen LogP contribution in [-0.4, -0.2) is 24.4 Å². The number of halogens is 7. The average molecular weight is 523 g/mol. The normalized spacial score (nSPS) is 11.3. The Balaban J connectivity index is 1.88. The van der Waals surface area contributed by atoms with Crippen LogP contribution in [0.2, 0.25) is 10.0 Å². The molecule has 0 atom stereocenters. The molecule has 0 fully saturated rings. The molecule has 13 heteroatoms. The van der Waals surface area contributed by atoms with Gasteiger partial charge in [-0.1, -0.05) is 35.3 Å². The van der Waals surface area contributed by atoms with E-state index in [1.54, 1.807) is 0 Å². The Labute approximate surface area is 199 Å². The Kier molecular flexibility index (Phi) is 7.37. The van der Waals surface area contributed by atoms with Crippen LogP contribution in [0.15, 0.2) is 36.4 Å². The number of rotatable bonds is 6. The lowest BCUT2D eigenvalue weighted by atomic mass is 10.1. The number of hydrogen-bond acceptors (Lipinski definition) is 6. The fraction of sp³-hybridized carbons (Fsp3) is 0.143. The number of esters is 1. The van der Waals surface area contributed by atoms with Crippen LogP contribution < -0.4 is 15.2 Å². The van der Waals surface area contributed by atoms with Gasteiger partial charge in [-0.2, -0.15) is 0 Å². The third kappa shape index (κ3) is 5.42. The molecule has 0 aliphatic rings. The largest absolute Gasteiger partial charge is 0.573 e. The highest BCUT2D eigenvalue weighted by atomic mass is 35.5. The maximum absolute atomic E-state index is 14.8. The third-order valence-corrected chi connectivity index (χ3v) is 5.02. The molecule has 0 saturated heterocycles. The fourth-order valence-electron chi connectivity index (χ4n) is 2.78. The molecule has 0 aliphatic heterocycles. The van der Waals surface area contributed by atoms with Crippen LogP contribution >= 0.6 is 23.2 Å². The summed E-state index contributed by atoms with van der Waals surface area (Å²) < 4.78 is 79.9. The van der Waals surface area contributed by atoms with Crippen LogP contribution in [0.3, 0.4) is 0 Å². The minimum absolute atomic E-state index is 0.0858. The lowest BCUT2D eigenvalue weighted by molar-refractivity contribution is -0.274. The van der Waals surface area contributed by atoms with Gasteiger partial charge in [0.1, 0.15) is 18.1 Å². The molecular formula is C21H13Cl2F5N2O4. The summed E-state index contributed by atoms with van der Waals surface area (Å²) in [6.07, 6.45) is -4.86. The van der Waals surface area contributed by atoms with Crippen molar-refractivity contribution in [3.05, 3.63) is 69.3 Å². The number of carbonyl (C=O) groups is 1. The van der Waals surface area contributed by atoms with Crippen LogP contribution in [0, 0.1) is 11.6 Å². The number of alkyl halides is 3. The van der Waals surface area contributed by atoms with Crippen molar-refractivity contribution in [1.82, 2.24) is 4.98 Å². The van der Waals surface area contributed by atoms with Gasteiger partial charge in [-0.15, -0.1) is 13.2 Å². The van der Waals surface area contributed by atoms with E-state index in [0.29, 0.717) is 5.56 Å². The van der Waals surface area contributed by atoms with Crippen molar-refractivity contribution in [3.63, 3.8) is 0 Å². The molecular weight excluding hydrogens is 510 g/mol. The number of benzene rings is 2. The number of methoxy groups -OCH3 is 1. The molecule has 2 aromatic carbocycles. The number of pyridine rings is 1. The minimum Gasteiger partial charge on any atom is -0.492 e. The predicted molar refractivity (Wildman–Crippen MR) is 113 cm³/mol. The van der Waals surface area contributed by atoms with Crippen molar-refractivity contribution in [2.24, 2.45) is 0 Å². The quantitative estimate of drug-likeness (QED) is 0.307. The summed E-state index contributed by atoms with van der Waals surface area (Å²) in [7, 11) is 1.15. The van der Waals surface area contributed by atoms with Crippen molar-refractivity contribution in [2.75, 3.05) is 12.8 Å². The van der Waals surface area contributed by atoms with Gasteiger partial charge in [0, 0.05) is 5.56 Å². The molecule has 0 saturated carbocycles. The minimum atomic E-state index is -4.86. The highest BCUT2D eigenvalue weighted by Gasteiger charge is 2.31. The number of hydrogen-bond donors (Lipinski definition) is 1. The van der Waals surface area contributed by atoms with Crippen LogP contribution in [0.4, 0.5) is 27.6 Å². The molecule has 3 aromatic rings. The van der Waals surface area contributed by atoms with E-state index in [1.165, 1.54) is 18.2 Å². The number of anilines is 1. The molecule has 0 spiro atoms. The zero-order valence-electron chi connectivity index (χ0n) is 17.0. The first-order chi connectivity index (χ1) is 15.9. The van der Waals surface area contributed by atoms with E-state index in [1.807, 2.05) is 0 Å². The van der Waals surface area contributed by atoms with E-state index in [2.05, 4.69) is 9.72 Å². The summed E-state index contributed by atoms with van der Waals surface area (Å²) >= 11 is 11.8. The van der Waals surface area contributed by atoms with Gasteiger partial charge in [0.2, 0.25) is 0 Å². The number of nitrogens with two attached hydrogens (primary N) is 1. The van der Waals surface area contributed by atoms with Gasteiger partial charge in [-0.25, -0.2) is 18.6 Å². The second-order valence-electron chi connectivity index (χ2n) is 6.56. The zero-order chi connectivity index (χ0) is 25.2. The van der Waals surface area contributed by atoms with Crippen molar-refractivity contribution in [3.8, 4) is 22.8 Å². The van der Waals surface area contributed by atoms with Crippen LogP contribution in [0.25, 0.3) is 11.3 Å². The van der Waals surface area contributed by atoms with Gasteiger partial charge < -0.3 is 19.9 Å².